The van der Waals surface area contributed by atoms with Gasteiger partial charge < -0.3 is 0 Å². The van der Waals surface area contributed by atoms with Gasteiger partial charge in [0.25, 0.3) is 0 Å². The van der Waals surface area contributed by atoms with Crippen LogP contribution in [0.2, 0.25) is 0 Å². The maximum absolute atomic E-state index is 8.45. The number of nitrogens with zero attached hydrogens (tertiary/aromatic N) is 2. The van der Waals surface area contributed by atoms with Crippen LogP contribution in [0.1, 0.15) is 11.1 Å². The molecule has 1 aliphatic carbocycles. The molecule has 7 rings (SSSR count). The van der Waals surface area contributed by atoms with Gasteiger partial charge in [-0.2, -0.15) is 0 Å². The summed E-state index contributed by atoms with van der Waals surface area (Å²) in [5.74, 6) is 0.693. The van der Waals surface area contributed by atoms with Crippen molar-refractivity contribution in [3.63, 3.8) is 0 Å². The first-order valence-corrected chi connectivity index (χ1v) is 12.5. The predicted molar refractivity (Wildman–Crippen MR) is 157 cm³/mol. The fraction of sp³-hybridized carbons (Fsp3) is 0. The second-order valence-electron chi connectivity index (χ2n) is 9.45. The summed E-state index contributed by atoms with van der Waals surface area (Å²) >= 11 is 0. The van der Waals surface area contributed by atoms with Gasteiger partial charge in [-0.05, 0) is 51.7 Å². The standard InChI is InChI=1S/C34H22N4/c35-29-18-16-21-13-14-25-19-24(15-17-27(25)31(21)32(29)36)23-9-6-10-26(20-23)34-37-30-12-5-4-11-28(30)33(38-34)22-7-2-1-3-8-22/h1-20,35-36H. The highest BCUT2D eigenvalue weighted by Gasteiger charge is 2.18. The largest absolute Gasteiger partial charge is 0.299 e. The van der Waals surface area contributed by atoms with E-state index < -0.39 is 0 Å². The number of para-hydroxylation sites is 1. The minimum atomic E-state index is 0.243. The van der Waals surface area contributed by atoms with Gasteiger partial charge in [-0.15, -0.1) is 0 Å². The number of aromatic nitrogens is 2. The number of benzene rings is 5. The van der Waals surface area contributed by atoms with Crippen molar-refractivity contribution in [3.05, 3.63) is 126 Å². The van der Waals surface area contributed by atoms with Gasteiger partial charge in [-0.3, -0.25) is 10.8 Å². The lowest BCUT2D eigenvalue weighted by molar-refractivity contribution is 1.23. The smallest absolute Gasteiger partial charge is 0.160 e. The second-order valence-corrected chi connectivity index (χ2v) is 9.45. The first kappa shape index (κ1) is 22.0. The van der Waals surface area contributed by atoms with Crippen LogP contribution in [0.5, 0.6) is 0 Å². The molecule has 5 aromatic carbocycles. The quantitative estimate of drug-likeness (QED) is 0.265. The Hall–Kier alpha value is -5.22. The molecule has 6 aromatic rings. The molecular formula is C34H22N4. The predicted octanol–water partition coefficient (Wildman–Crippen LogP) is 8.20. The molecule has 4 heteroatoms. The zero-order chi connectivity index (χ0) is 25.6. The number of fused-ring (bicyclic) bond motifs is 4. The summed E-state index contributed by atoms with van der Waals surface area (Å²) < 4.78 is 0. The van der Waals surface area contributed by atoms with Crippen LogP contribution in [-0.4, -0.2) is 21.4 Å². The number of rotatable bonds is 3. The fourth-order valence-corrected chi connectivity index (χ4v) is 5.19. The molecule has 2 N–H and O–H groups in total. The molecule has 1 aliphatic rings. The van der Waals surface area contributed by atoms with Crippen molar-refractivity contribution in [2.75, 3.05) is 0 Å². The highest BCUT2D eigenvalue weighted by molar-refractivity contribution is 6.53. The van der Waals surface area contributed by atoms with Gasteiger partial charge in [0.2, 0.25) is 0 Å². The molecule has 178 valence electrons. The normalized spacial score (nSPS) is 12.7. The van der Waals surface area contributed by atoms with E-state index in [4.69, 9.17) is 20.8 Å². The van der Waals surface area contributed by atoms with Crippen LogP contribution < -0.4 is 0 Å². The van der Waals surface area contributed by atoms with Gasteiger partial charge >= 0.3 is 0 Å². The van der Waals surface area contributed by atoms with Crippen molar-refractivity contribution in [1.29, 1.82) is 10.8 Å². The molecule has 0 radical (unpaired) electrons. The Morgan fingerprint density at radius 3 is 2.18 bits per heavy atom. The lowest BCUT2D eigenvalue weighted by Crippen LogP contribution is -2.16. The Bertz CT molecular complexity index is 1950. The fourth-order valence-electron chi connectivity index (χ4n) is 5.19. The minimum absolute atomic E-state index is 0.243. The molecule has 0 saturated carbocycles. The van der Waals surface area contributed by atoms with Gasteiger partial charge in [0, 0.05) is 22.1 Å². The Morgan fingerprint density at radius 2 is 1.29 bits per heavy atom. The highest BCUT2D eigenvalue weighted by Crippen LogP contribution is 2.33. The summed E-state index contributed by atoms with van der Waals surface area (Å²) in [5, 5.41) is 19.6. The molecule has 0 spiro atoms. The molecule has 0 aliphatic heterocycles. The summed E-state index contributed by atoms with van der Waals surface area (Å²) in [6.07, 6.45) is 3.61. The van der Waals surface area contributed by atoms with Crippen molar-refractivity contribution >= 4 is 39.2 Å². The second kappa shape index (κ2) is 8.71. The van der Waals surface area contributed by atoms with Gasteiger partial charge in [-0.25, -0.2) is 9.97 Å². The number of hydrogen-bond donors (Lipinski definition) is 2. The van der Waals surface area contributed by atoms with E-state index in [9.17, 15) is 0 Å². The maximum Gasteiger partial charge on any atom is 0.160 e. The van der Waals surface area contributed by atoms with Gasteiger partial charge in [0.05, 0.1) is 22.6 Å². The van der Waals surface area contributed by atoms with Crippen LogP contribution in [0.3, 0.4) is 0 Å². The average Bonchev–Trinajstić information content (AvgIpc) is 2.98. The molecule has 0 amide bonds. The molecule has 1 heterocycles. The number of allylic oxidation sites excluding steroid dienone is 1. The molecule has 4 nitrogen and oxygen atoms in total. The molecule has 0 saturated heterocycles. The Kier molecular flexibility index (Phi) is 5.05. The van der Waals surface area contributed by atoms with E-state index >= 15 is 0 Å². The molecule has 1 aromatic heterocycles. The van der Waals surface area contributed by atoms with Crippen molar-refractivity contribution in [3.8, 4) is 33.8 Å². The van der Waals surface area contributed by atoms with Crippen molar-refractivity contribution in [2.45, 2.75) is 0 Å². The Morgan fingerprint density at radius 1 is 0.526 bits per heavy atom. The van der Waals surface area contributed by atoms with Gasteiger partial charge in [-0.1, -0.05) is 97.1 Å². The van der Waals surface area contributed by atoms with Gasteiger partial charge in [0.1, 0.15) is 0 Å². The number of hydrogen-bond acceptors (Lipinski definition) is 4. The molecular weight excluding hydrogens is 464 g/mol. The molecule has 0 bridgehead atoms. The molecule has 0 fully saturated rings. The van der Waals surface area contributed by atoms with E-state index in [2.05, 4.69) is 60.7 Å². The van der Waals surface area contributed by atoms with Crippen LogP contribution in [0, 0.1) is 10.8 Å². The summed E-state index contributed by atoms with van der Waals surface area (Å²) in [5.41, 5.74) is 8.33. The monoisotopic (exact) mass is 486 g/mol. The van der Waals surface area contributed by atoms with Crippen LogP contribution in [-0.2, 0) is 0 Å². The Labute approximate surface area is 220 Å². The van der Waals surface area contributed by atoms with Crippen molar-refractivity contribution < 1.29 is 0 Å². The third-order valence-electron chi connectivity index (χ3n) is 7.11. The lowest BCUT2D eigenvalue weighted by Gasteiger charge is -2.16. The van der Waals surface area contributed by atoms with Crippen LogP contribution in [0.25, 0.3) is 61.5 Å². The maximum atomic E-state index is 8.45. The van der Waals surface area contributed by atoms with Crippen LogP contribution in [0.15, 0.2) is 115 Å². The van der Waals surface area contributed by atoms with E-state index in [1.54, 1.807) is 6.08 Å². The van der Waals surface area contributed by atoms with E-state index in [-0.39, 0.29) is 11.4 Å². The topological polar surface area (TPSA) is 73.5 Å². The minimum Gasteiger partial charge on any atom is -0.299 e. The van der Waals surface area contributed by atoms with Gasteiger partial charge in [0.15, 0.2) is 5.82 Å². The average molecular weight is 487 g/mol. The van der Waals surface area contributed by atoms with Crippen LogP contribution >= 0.6 is 0 Å². The number of nitrogens with one attached hydrogen (secondary N) is 2. The van der Waals surface area contributed by atoms with E-state index in [0.717, 1.165) is 60.8 Å². The lowest BCUT2D eigenvalue weighted by atomic mass is 9.88. The zero-order valence-electron chi connectivity index (χ0n) is 20.4. The third kappa shape index (κ3) is 3.62. The molecule has 0 atom stereocenters. The third-order valence-corrected chi connectivity index (χ3v) is 7.11. The highest BCUT2D eigenvalue weighted by atomic mass is 14.9. The summed E-state index contributed by atoms with van der Waals surface area (Å²) in [6.45, 7) is 0. The van der Waals surface area contributed by atoms with E-state index in [1.807, 2.05) is 54.6 Å². The molecule has 0 unspecified atom stereocenters. The summed E-state index contributed by atoms with van der Waals surface area (Å²) in [7, 11) is 0. The first-order chi connectivity index (χ1) is 18.7. The van der Waals surface area contributed by atoms with Crippen LogP contribution in [0.4, 0.5) is 0 Å². The molecule has 38 heavy (non-hydrogen) atoms. The zero-order valence-corrected chi connectivity index (χ0v) is 20.4. The summed E-state index contributed by atoms with van der Waals surface area (Å²) in [6, 6.07) is 37.2. The van der Waals surface area contributed by atoms with E-state index in [1.165, 1.54) is 0 Å². The first-order valence-electron chi connectivity index (χ1n) is 12.5. The van der Waals surface area contributed by atoms with E-state index in [0.29, 0.717) is 5.82 Å². The van der Waals surface area contributed by atoms with Crippen molar-refractivity contribution in [1.82, 2.24) is 9.97 Å². The summed E-state index contributed by atoms with van der Waals surface area (Å²) in [4.78, 5) is 9.95. The Balaban J connectivity index is 1.35. The van der Waals surface area contributed by atoms with Crippen molar-refractivity contribution in [2.24, 2.45) is 0 Å². The SMILES string of the molecule is N=C1C=Cc2ccc3cc(-c4cccc(-c5nc(-c6ccccc6)c6ccccc6n5)c4)ccc3c2C1=N.